The molecule has 4 aliphatic heterocycles. The monoisotopic (exact) mass is 616 g/mol. The highest BCUT2D eigenvalue weighted by Crippen LogP contribution is 2.39. The summed E-state index contributed by atoms with van der Waals surface area (Å²) >= 11 is 0. The molecule has 0 amide bonds. The predicted molar refractivity (Wildman–Crippen MR) is 197 cm³/mol. The summed E-state index contributed by atoms with van der Waals surface area (Å²) in [5.41, 5.74) is 14.6. The lowest BCUT2D eigenvalue weighted by Gasteiger charge is -2.24. The maximum Gasteiger partial charge on any atom is 0.0737 e. The minimum atomic E-state index is -0.00471. The molecule has 4 heteroatoms. The molecule has 5 aromatic rings. The average molecular weight is 617 g/mol. The van der Waals surface area contributed by atoms with Gasteiger partial charge in [-0.3, -0.25) is 4.99 Å². The van der Waals surface area contributed by atoms with E-state index in [1.54, 1.807) is 0 Å². The van der Waals surface area contributed by atoms with Crippen LogP contribution in [0, 0.1) is 0 Å². The second kappa shape index (κ2) is 11.8. The molecule has 4 aromatic carbocycles. The zero-order valence-electron chi connectivity index (χ0n) is 26.2. The molecule has 0 fully saturated rings. The Morgan fingerprint density at radius 1 is 0.458 bits per heavy atom. The molecule has 8 bridgehead atoms. The second-order valence-electron chi connectivity index (χ2n) is 12.3. The van der Waals surface area contributed by atoms with Crippen LogP contribution < -0.4 is 5.32 Å². The van der Waals surface area contributed by atoms with E-state index in [4.69, 9.17) is 9.98 Å². The van der Waals surface area contributed by atoms with Crippen LogP contribution in [0.5, 0.6) is 0 Å². The van der Waals surface area contributed by atoms with Gasteiger partial charge in [0, 0.05) is 33.8 Å². The number of nitrogens with one attached hydrogen (secondary N) is 2. The summed E-state index contributed by atoms with van der Waals surface area (Å²) in [6.07, 6.45) is 13.2. The minimum absolute atomic E-state index is 0.00365. The van der Waals surface area contributed by atoms with Gasteiger partial charge in [-0.1, -0.05) is 127 Å². The maximum absolute atomic E-state index is 5.41. The molecule has 0 saturated heterocycles. The number of H-pyrrole nitrogens is 1. The lowest BCUT2D eigenvalue weighted by molar-refractivity contribution is 0.666. The zero-order chi connectivity index (χ0) is 31.9. The van der Waals surface area contributed by atoms with Gasteiger partial charge in [0.05, 0.1) is 34.8 Å². The molecule has 2 atom stereocenters. The zero-order valence-corrected chi connectivity index (χ0v) is 26.2. The first kappa shape index (κ1) is 28.0. The topological polar surface area (TPSA) is 52.5 Å². The fraction of sp³-hybridized carbons (Fsp3) is 0.0455. The van der Waals surface area contributed by atoms with Gasteiger partial charge in [0.2, 0.25) is 0 Å². The molecule has 4 aliphatic rings. The number of hydrogen-bond donors (Lipinski definition) is 2. The van der Waals surface area contributed by atoms with Crippen molar-refractivity contribution in [3.8, 4) is 0 Å². The highest BCUT2D eigenvalue weighted by Gasteiger charge is 2.32. The molecule has 0 saturated carbocycles. The van der Waals surface area contributed by atoms with E-state index in [2.05, 4.69) is 180 Å². The molecule has 5 heterocycles. The third-order valence-electron chi connectivity index (χ3n) is 9.38. The molecule has 9 rings (SSSR count). The number of fused-ring (bicyclic) bond motifs is 6. The van der Waals surface area contributed by atoms with Crippen molar-refractivity contribution >= 4 is 28.1 Å². The Kier molecular flexibility index (Phi) is 6.90. The van der Waals surface area contributed by atoms with Crippen molar-refractivity contribution in [1.29, 1.82) is 0 Å². The van der Waals surface area contributed by atoms with Crippen molar-refractivity contribution in [1.82, 2.24) is 10.3 Å². The number of allylic oxidation sites excluding steroid dienone is 6. The van der Waals surface area contributed by atoms with Crippen molar-refractivity contribution in [3.05, 3.63) is 221 Å². The summed E-state index contributed by atoms with van der Waals surface area (Å²) < 4.78 is 0. The van der Waals surface area contributed by atoms with Gasteiger partial charge in [-0.15, -0.1) is 0 Å². The van der Waals surface area contributed by atoms with Gasteiger partial charge in [-0.05, 0) is 64.8 Å². The summed E-state index contributed by atoms with van der Waals surface area (Å²) in [5, 5.41) is 3.92. The molecular formula is C44H32N4. The summed E-state index contributed by atoms with van der Waals surface area (Å²) in [6.45, 7) is 0. The van der Waals surface area contributed by atoms with Gasteiger partial charge in [-0.25, -0.2) is 4.99 Å². The van der Waals surface area contributed by atoms with Crippen molar-refractivity contribution < 1.29 is 0 Å². The number of hydrogen-bond acceptors (Lipinski definition) is 3. The first-order valence-electron chi connectivity index (χ1n) is 16.4. The fourth-order valence-electron chi connectivity index (χ4n) is 7.20. The van der Waals surface area contributed by atoms with E-state index in [0.717, 1.165) is 73.3 Å². The predicted octanol–water partition coefficient (Wildman–Crippen LogP) is 9.29. The van der Waals surface area contributed by atoms with E-state index in [9.17, 15) is 0 Å². The highest BCUT2D eigenvalue weighted by atomic mass is 15.0. The van der Waals surface area contributed by atoms with E-state index < -0.39 is 0 Å². The largest absolute Gasteiger partial charge is 0.377 e. The molecule has 2 unspecified atom stereocenters. The number of benzene rings is 4. The first-order chi connectivity index (χ1) is 23.8. The van der Waals surface area contributed by atoms with Crippen LogP contribution in [0.4, 0.5) is 0 Å². The highest BCUT2D eigenvalue weighted by molar-refractivity contribution is 6.32. The van der Waals surface area contributed by atoms with Crippen LogP contribution in [0.15, 0.2) is 197 Å². The smallest absolute Gasteiger partial charge is 0.0737 e. The Balaban J connectivity index is 1.33. The lowest BCUT2D eigenvalue weighted by Crippen LogP contribution is -2.33. The van der Waals surface area contributed by atoms with E-state index in [-0.39, 0.29) is 12.0 Å². The third-order valence-corrected chi connectivity index (χ3v) is 9.38. The van der Waals surface area contributed by atoms with Crippen molar-refractivity contribution in [3.63, 3.8) is 0 Å². The number of nitrogens with zero attached hydrogens (tertiary/aromatic N) is 2. The second-order valence-corrected chi connectivity index (χ2v) is 12.3. The minimum Gasteiger partial charge on any atom is -0.377 e. The molecule has 0 radical (unpaired) electrons. The number of aliphatic imine (C=N–C) groups is 2. The van der Waals surface area contributed by atoms with Crippen molar-refractivity contribution in [2.45, 2.75) is 12.0 Å². The Labute approximate surface area is 280 Å². The molecule has 228 valence electrons. The molecule has 0 spiro atoms. The van der Waals surface area contributed by atoms with Crippen molar-refractivity contribution in [2.24, 2.45) is 9.98 Å². The van der Waals surface area contributed by atoms with Crippen LogP contribution in [-0.4, -0.2) is 22.4 Å². The van der Waals surface area contributed by atoms with E-state index in [1.807, 2.05) is 0 Å². The number of aromatic amines is 1. The molecule has 1 aromatic heterocycles. The van der Waals surface area contributed by atoms with Crippen LogP contribution in [0.25, 0.3) is 16.7 Å². The molecule has 2 N–H and O–H groups in total. The third kappa shape index (κ3) is 4.95. The van der Waals surface area contributed by atoms with Gasteiger partial charge in [0.1, 0.15) is 0 Å². The van der Waals surface area contributed by atoms with Crippen LogP contribution in [0.3, 0.4) is 0 Å². The van der Waals surface area contributed by atoms with Crippen LogP contribution in [0.1, 0.15) is 39.6 Å². The van der Waals surface area contributed by atoms with Gasteiger partial charge < -0.3 is 10.3 Å². The Morgan fingerprint density at radius 3 is 1.58 bits per heavy atom. The first-order valence-corrected chi connectivity index (χ1v) is 16.4. The average Bonchev–Trinajstić information content (AvgIpc) is 3.98. The summed E-state index contributed by atoms with van der Waals surface area (Å²) in [4.78, 5) is 14.6. The lowest BCUT2D eigenvalue weighted by atomic mass is 9.87. The normalized spacial score (nSPS) is 24.1. The molecule has 4 nitrogen and oxygen atoms in total. The van der Waals surface area contributed by atoms with E-state index in [1.165, 1.54) is 5.56 Å². The van der Waals surface area contributed by atoms with Crippen LogP contribution >= 0.6 is 0 Å². The number of aromatic nitrogens is 1. The Morgan fingerprint density at radius 2 is 0.979 bits per heavy atom. The summed E-state index contributed by atoms with van der Waals surface area (Å²) in [5.74, 6) is -0.00365. The van der Waals surface area contributed by atoms with Gasteiger partial charge in [0.15, 0.2) is 0 Å². The standard InChI is InChI=1S/C44H32N4/c1-5-13-29(14-6-1)41-33-21-23-35(45-33)42(30-15-7-2-8-16-30)37-25-27-39(47-37)44(32-19-11-4-12-20-32)40-28-26-38(48-40)43(31-17-9-3-10-18-31)36-24-22-34(41)46-36/h1-28,33,41,45,48H/b42-35-,43-36-,44-39-. The van der Waals surface area contributed by atoms with Gasteiger partial charge in [-0.2, -0.15) is 0 Å². The summed E-state index contributed by atoms with van der Waals surface area (Å²) in [6, 6.07) is 46.7. The number of rotatable bonds is 4. The Hall–Kier alpha value is -6.26. The molecule has 48 heavy (non-hydrogen) atoms. The molecular weight excluding hydrogens is 585 g/mol. The fourth-order valence-corrected chi connectivity index (χ4v) is 7.20. The van der Waals surface area contributed by atoms with Crippen LogP contribution in [-0.2, 0) is 0 Å². The molecule has 0 aliphatic carbocycles. The van der Waals surface area contributed by atoms with Crippen molar-refractivity contribution in [2.75, 3.05) is 0 Å². The van der Waals surface area contributed by atoms with E-state index in [0.29, 0.717) is 0 Å². The maximum atomic E-state index is 5.41. The van der Waals surface area contributed by atoms with Gasteiger partial charge in [0.25, 0.3) is 0 Å². The quantitative estimate of drug-likeness (QED) is 0.208. The Bertz CT molecular complexity index is 2280. The van der Waals surface area contributed by atoms with Crippen LogP contribution in [0.2, 0.25) is 0 Å². The summed E-state index contributed by atoms with van der Waals surface area (Å²) in [7, 11) is 0. The SMILES string of the molecule is C1=C/C2=C(\c3ccccc3)c3ccc([nH]3)/C(c3ccccc3)=C3/C=CC(=N3)C(c3ccccc3)C3C=C/C(=C(\c4ccccc4)C1=N2)N3. The van der Waals surface area contributed by atoms with E-state index >= 15 is 0 Å². The van der Waals surface area contributed by atoms with Gasteiger partial charge >= 0.3 is 0 Å².